The molecule has 0 aliphatic heterocycles. The average molecular weight is 266 g/mol. The van der Waals surface area contributed by atoms with E-state index in [0.29, 0.717) is 39.5 Å². The van der Waals surface area contributed by atoms with Crippen LogP contribution in [-0.2, 0) is 23.8 Å². The molecule has 0 radical (unpaired) electrons. The number of halogens is 1. The number of nitrogens with two attached hydrogens (primary N) is 1. The zero-order chi connectivity index (χ0) is 13.6. The van der Waals surface area contributed by atoms with Gasteiger partial charge in [-0.15, -0.1) is 0 Å². The Morgan fingerprint density at radius 1 is 1.00 bits per heavy atom. The maximum Gasteiger partial charge on any atom is 0.326 e. The highest BCUT2D eigenvalue weighted by molar-refractivity contribution is 5.77. The minimum Gasteiger partial charge on any atom is -0.378 e. The van der Waals surface area contributed by atoms with Crippen molar-refractivity contribution in [1.82, 2.24) is 5.32 Å². The number of nitrogens with one attached hydrogen (secondary N) is 1. The van der Waals surface area contributed by atoms with E-state index in [4.69, 9.17) is 15.2 Å². The fourth-order valence-electron chi connectivity index (χ4n) is 0.943. The number of amides is 1. The summed E-state index contributed by atoms with van der Waals surface area (Å²) in [5, 5.41) is 2.47. The van der Waals surface area contributed by atoms with E-state index in [-0.39, 0.29) is 6.61 Å². The molecule has 0 aliphatic rings. The number of ether oxygens (including phenoxy) is 3. The van der Waals surface area contributed by atoms with Gasteiger partial charge in [-0.2, -0.15) is 4.39 Å². The molecule has 0 saturated carbocycles. The summed E-state index contributed by atoms with van der Waals surface area (Å²) in [6, 6.07) is -1.61. The second-order valence-electron chi connectivity index (χ2n) is 3.21. The number of hydrogen-bond donors (Lipinski definition) is 2. The van der Waals surface area contributed by atoms with Crippen LogP contribution in [0, 0.1) is 0 Å². The molecule has 1 amide bonds. The van der Waals surface area contributed by atoms with Crippen molar-refractivity contribution in [3.63, 3.8) is 0 Å². The number of carbonyl (C=O) groups excluding carboxylic acids is 2. The van der Waals surface area contributed by atoms with Gasteiger partial charge in [-0.3, -0.25) is 9.59 Å². The Morgan fingerprint density at radius 2 is 1.67 bits per heavy atom. The monoisotopic (exact) mass is 266 g/mol. The van der Waals surface area contributed by atoms with Gasteiger partial charge in [0, 0.05) is 13.1 Å². The summed E-state index contributed by atoms with van der Waals surface area (Å²) in [5.41, 5.74) is 5.21. The van der Waals surface area contributed by atoms with E-state index in [1.54, 1.807) is 0 Å². The first kappa shape index (κ1) is 16.9. The van der Waals surface area contributed by atoms with Crippen LogP contribution in [0.1, 0.15) is 0 Å². The van der Waals surface area contributed by atoms with Gasteiger partial charge in [0.1, 0.15) is 13.2 Å². The van der Waals surface area contributed by atoms with E-state index in [1.807, 2.05) is 0 Å². The second kappa shape index (κ2) is 12.4. The van der Waals surface area contributed by atoms with E-state index in [2.05, 4.69) is 10.1 Å². The Morgan fingerprint density at radius 3 is 2.28 bits per heavy atom. The first-order chi connectivity index (χ1) is 8.66. The molecule has 0 rings (SSSR count). The van der Waals surface area contributed by atoms with Crippen LogP contribution in [0.5, 0.6) is 0 Å². The van der Waals surface area contributed by atoms with Crippen LogP contribution in [0.4, 0.5) is 4.39 Å². The molecule has 8 heteroatoms. The molecule has 7 nitrogen and oxygen atoms in total. The highest BCUT2D eigenvalue weighted by atomic mass is 19.1. The van der Waals surface area contributed by atoms with Crippen LogP contribution in [0.15, 0.2) is 0 Å². The number of rotatable bonds is 12. The second-order valence-corrected chi connectivity index (χ2v) is 3.21. The largest absolute Gasteiger partial charge is 0.378 e. The number of hydrogen-bond acceptors (Lipinski definition) is 6. The van der Waals surface area contributed by atoms with Crippen molar-refractivity contribution < 1.29 is 28.2 Å². The van der Waals surface area contributed by atoms with Crippen LogP contribution in [0.25, 0.3) is 0 Å². The molecule has 0 aromatic rings. The SMILES string of the molecule is NCCOCCOCCNC(=O)COCC(=O)F. The Hall–Kier alpha value is -1.09. The quantitative estimate of drug-likeness (QED) is 0.333. The lowest BCUT2D eigenvalue weighted by Gasteiger charge is -2.06. The molecule has 3 N–H and O–H groups in total. The molecule has 0 aromatic heterocycles. The summed E-state index contributed by atoms with van der Waals surface area (Å²) < 4.78 is 26.4. The molecule has 0 spiro atoms. The van der Waals surface area contributed by atoms with Gasteiger partial charge in [-0.1, -0.05) is 0 Å². The van der Waals surface area contributed by atoms with Gasteiger partial charge in [0.2, 0.25) is 5.91 Å². The normalized spacial score (nSPS) is 10.3. The Bertz CT molecular complexity index is 240. The van der Waals surface area contributed by atoms with Crippen LogP contribution < -0.4 is 11.1 Å². The summed E-state index contributed by atoms with van der Waals surface area (Å²) >= 11 is 0. The zero-order valence-electron chi connectivity index (χ0n) is 10.2. The fraction of sp³-hybridized carbons (Fsp3) is 0.800. The summed E-state index contributed by atoms with van der Waals surface area (Å²) in [6.45, 7) is 1.41. The lowest BCUT2D eigenvalue weighted by Crippen LogP contribution is -2.31. The molecular weight excluding hydrogens is 247 g/mol. The van der Waals surface area contributed by atoms with Crippen molar-refractivity contribution in [3.05, 3.63) is 0 Å². The smallest absolute Gasteiger partial charge is 0.326 e. The van der Waals surface area contributed by atoms with E-state index in [1.165, 1.54) is 0 Å². The van der Waals surface area contributed by atoms with Gasteiger partial charge in [0.25, 0.3) is 0 Å². The molecule has 0 heterocycles. The van der Waals surface area contributed by atoms with Crippen molar-refractivity contribution in [1.29, 1.82) is 0 Å². The zero-order valence-corrected chi connectivity index (χ0v) is 10.2. The van der Waals surface area contributed by atoms with Gasteiger partial charge in [0.05, 0.1) is 26.4 Å². The Balaban J connectivity index is 3.17. The highest BCUT2D eigenvalue weighted by Gasteiger charge is 2.03. The van der Waals surface area contributed by atoms with Crippen molar-refractivity contribution in [3.8, 4) is 0 Å². The highest BCUT2D eigenvalue weighted by Crippen LogP contribution is 1.80. The van der Waals surface area contributed by atoms with Crippen molar-refractivity contribution in [2.75, 3.05) is 52.7 Å². The summed E-state index contributed by atoms with van der Waals surface area (Å²) in [4.78, 5) is 20.9. The minimum absolute atomic E-state index is 0.308. The molecule has 0 atom stereocenters. The van der Waals surface area contributed by atoms with E-state index in [9.17, 15) is 14.0 Å². The molecule has 18 heavy (non-hydrogen) atoms. The molecule has 0 fully saturated rings. The maximum absolute atomic E-state index is 11.7. The molecule has 106 valence electrons. The van der Waals surface area contributed by atoms with Crippen molar-refractivity contribution in [2.24, 2.45) is 5.73 Å². The molecule has 0 saturated heterocycles. The third kappa shape index (κ3) is 13.0. The predicted octanol–water partition coefficient (Wildman–Crippen LogP) is -1.39. The lowest BCUT2D eigenvalue weighted by atomic mass is 10.6. The molecule has 0 aromatic carbocycles. The lowest BCUT2D eigenvalue weighted by molar-refractivity contribution is -0.136. The van der Waals surface area contributed by atoms with Crippen LogP contribution in [0.2, 0.25) is 0 Å². The van der Waals surface area contributed by atoms with Gasteiger partial charge >= 0.3 is 6.04 Å². The van der Waals surface area contributed by atoms with Gasteiger partial charge in [-0.25, -0.2) is 0 Å². The Labute approximate surface area is 105 Å². The van der Waals surface area contributed by atoms with Gasteiger partial charge in [0.15, 0.2) is 0 Å². The summed E-state index contributed by atoms with van der Waals surface area (Å²) in [5.74, 6) is -0.431. The third-order valence-corrected chi connectivity index (χ3v) is 1.65. The summed E-state index contributed by atoms with van der Waals surface area (Å²) in [7, 11) is 0. The van der Waals surface area contributed by atoms with Crippen LogP contribution in [0.3, 0.4) is 0 Å². The van der Waals surface area contributed by atoms with Crippen molar-refractivity contribution in [2.45, 2.75) is 0 Å². The summed E-state index contributed by atoms with van der Waals surface area (Å²) in [6.07, 6.45) is 0. The minimum atomic E-state index is -1.61. The topological polar surface area (TPSA) is 99.9 Å². The fourth-order valence-corrected chi connectivity index (χ4v) is 0.943. The molecule has 0 unspecified atom stereocenters. The van der Waals surface area contributed by atoms with Gasteiger partial charge < -0.3 is 25.3 Å². The third-order valence-electron chi connectivity index (χ3n) is 1.65. The average Bonchev–Trinajstić information content (AvgIpc) is 2.32. The molecular formula is C10H19FN2O5. The molecule has 0 aliphatic carbocycles. The van der Waals surface area contributed by atoms with Crippen LogP contribution in [-0.4, -0.2) is 64.7 Å². The predicted molar refractivity (Wildman–Crippen MR) is 60.6 cm³/mol. The standard InChI is InChI=1S/C10H19FN2O5/c11-9(14)7-18-8-10(15)13-2-4-17-6-5-16-3-1-12/h1-8,12H2,(H,13,15). The number of carbonyl (C=O) groups is 2. The maximum atomic E-state index is 11.7. The first-order valence-electron chi connectivity index (χ1n) is 5.55. The van der Waals surface area contributed by atoms with Crippen molar-refractivity contribution >= 4 is 11.9 Å². The Kier molecular flexibility index (Phi) is 11.6. The van der Waals surface area contributed by atoms with Crippen LogP contribution >= 0.6 is 0 Å². The van der Waals surface area contributed by atoms with E-state index in [0.717, 1.165) is 0 Å². The van der Waals surface area contributed by atoms with E-state index >= 15 is 0 Å². The van der Waals surface area contributed by atoms with E-state index < -0.39 is 18.6 Å². The van der Waals surface area contributed by atoms with Gasteiger partial charge in [-0.05, 0) is 0 Å². The first-order valence-corrected chi connectivity index (χ1v) is 5.55. The molecule has 0 bridgehead atoms.